The van der Waals surface area contributed by atoms with Gasteiger partial charge in [-0.1, -0.05) is 54.1 Å². The third-order valence-corrected chi connectivity index (χ3v) is 6.56. The molecule has 5 rings (SSSR count). The Kier molecular flexibility index (Phi) is 5.02. The molecular weight excluding hydrogens is 428 g/mol. The predicted molar refractivity (Wildman–Crippen MR) is 123 cm³/mol. The van der Waals surface area contributed by atoms with Crippen LogP contribution in [0.4, 0.5) is 11.4 Å². The molecule has 0 bridgehead atoms. The van der Waals surface area contributed by atoms with E-state index in [-0.39, 0.29) is 34.7 Å². The van der Waals surface area contributed by atoms with Crippen LogP contribution < -0.4 is 4.90 Å². The zero-order valence-corrected chi connectivity index (χ0v) is 17.8. The van der Waals surface area contributed by atoms with Gasteiger partial charge in [-0.2, -0.15) is 0 Å². The van der Waals surface area contributed by atoms with Crippen molar-refractivity contribution >= 4 is 45.4 Å². The molecule has 6 nitrogen and oxygen atoms in total. The van der Waals surface area contributed by atoms with Crippen LogP contribution in [0.2, 0.25) is 5.02 Å². The van der Waals surface area contributed by atoms with Gasteiger partial charge < -0.3 is 0 Å². The summed E-state index contributed by atoms with van der Waals surface area (Å²) in [6.07, 6.45) is 1.76. The SMILES string of the molecule is O=C1CCCC2=C1C(c1ccc3ccccc3c1)CC(=O)N2c1ccc(Cl)c([N+](=O)[O-])c1. The summed E-state index contributed by atoms with van der Waals surface area (Å²) in [5, 5.41) is 13.5. The molecule has 32 heavy (non-hydrogen) atoms. The molecule has 0 saturated heterocycles. The maximum atomic E-state index is 13.3. The number of benzene rings is 3. The minimum Gasteiger partial charge on any atom is -0.294 e. The van der Waals surface area contributed by atoms with Crippen LogP contribution in [0.3, 0.4) is 0 Å². The van der Waals surface area contributed by atoms with Crippen LogP contribution >= 0.6 is 11.6 Å². The van der Waals surface area contributed by atoms with E-state index in [1.807, 2.05) is 42.5 Å². The van der Waals surface area contributed by atoms with Gasteiger partial charge in [-0.3, -0.25) is 24.6 Å². The lowest BCUT2D eigenvalue weighted by atomic mass is 9.77. The number of fused-ring (bicyclic) bond motifs is 1. The summed E-state index contributed by atoms with van der Waals surface area (Å²) in [7, 11) is 0. The summed E-state index contributed by atoms with van der Waals surface area (Å²) >= 11 is 5.97. The van der Waals surface area contributed by atoms with Crippen LogP contribution in [-0.2, 0) is 9.59 Å². The molecular formula is C25H19ClN2O4. The number of nitrogens with zero attached hydrogens (tertiary/aromatic N) is 2. The van der Waals surface area contributed by atoms with E-state index >= 15 is 0 Å². The van der Waals surface area contributed by atoms with E-state index in [4.69, 9.17) is 11.6 Å². The van der Waals surface area contributed by atoms with Gasteiger partial charge in [0.1, 0.15) is 5.02 Å². The van der Waals surface area contributed by atoms with Crippen LogP contribution in [0.25, 0.3) is 10.8 Å². The molecule has 0 saturated carbocycles. The maximum Gasteiger partial charge on any atom is 0.289 e. The van der Waals surface area contributed by atoms with Crippen LogP contribution in [0.15, 0.2) is 71.9 Å². The van der Waals surface area contributed by atoms with Crippen molar-refractivity contribution in [2.75, 3.05) is 4.90 Å². The topological polar surface area (TPSA) is 80.5 Å². The quantitative estimate of drug-likeness (QED) is 0.369. The van der Waals surface area contributed by atoms with Crippen molar-refractivity contribution in [1.82, 2.24) is 0 Å². The molecule has 0 spiro atoms. The Bertz CT molecular complexity index is 1330. The van der Waals surface area contributed by atoms with E-state index in [9.17, 15) is 19.7 Å². The number of nitro benzene ring substituents is 1. The molecule has 0 aromatic heterocycles. The molecule has 160 valence electrons. The van der Waals surface area contributed by atoms with Gasteiger partial charge in [0.25, 0.3) is 5.69 Å². The van der Waals surface area contributed by atoms with Crippen molar-refractivity contribution in [1.29, 1.82) is 0 Å². The zero-order chi connectivity index (χ0) is 22.4. The van der Waals surface area contributed by atoms with Crippen LogP contribution in [0, 0.1) is 10.1 Å². The number of anilines is 1. The molecule has 0 radical (unpaired) electrons. The highest BCUT2D eigenvalue weighted by molar-refractivity contribution is 6.32. The lowest BCUT2D eigenvalue weighted by Crippen LogP contribution is -2.40. The van der Waals surface area contributed by atoms with E-state index in [1.165, 1.54) is 17.0 Å². The summed E-state index contributed by atoms with van der Waals surface area (Å²) in [5.41, 5.74) is 2.32. The fraction of sp³-hybridized carbons (Fsp3) is 0.200. The number of halogens is 1. The Morgan fingerprint density at radius 2 is 1.75 bits per heavy atom. The number of ketones is 1. The number of amides is 1. The van der Waals surface area contributed by atoms with Crippen molar-refractivity contribution in [2.24, 2.45) is 0 Å². The number of Topliss-reactive ketones (excluding diaryl/α,β-unsaturated/α-hetero) is 1. The van der Waals surface area contributed by atoms with Gasteiger partial charge in [0, 0.05) is 36.1 Å². The monoisotopic (exact) mass is 446 g/mol. The van der Waals surface area contributed by atoms with E-state index in [0.717, 1.165) is 16.3 Å². The van der Waals surface area contributed by atoms with Crippen LogP contribution in [0.5, 0.6) is 0 Å². The fourth-order valence-electron chi connectivity index (χ4n) is 4.78. The second kappa shape index (κ2) is 7.88. The Hall–Kier alpha value is -3.51. The predicted octanol–water partition coefficient (Wildman–Crippen LogP) is 5.93. The van der Waals surface area contributed by atoms with Gasteiger partial charge in [0.2, 0.25) is 5.91 Å². The minimum atomic E-state index is -0.570. The zero-order valence-electron chi connectivity index (χ0n) is 17.1. The molecule has 1 amide bonds. The highest BCUT2D eigenvalue weighted by atomic mass is 35.5. The normalized spacial score (nSPS) is 18.8. The number of nitro groups is 1. The third-order valence-electron chi connectivity index (χ3n) is 6.24. The molecule has 1 atom stereocenters. The molecule has 7 heteroatoms. The van der Waals surface area contributed by atoms with Crippen molar-refractivity contribution < 1.29 is 14.5 Å². The Balaban J connectivity index is 1.65. The minimum absolute atomic E-state index is 0.00572. The summed E-state index contributed by atoms with van der Waals surface area (Å²) < 4.78 is 0. The summed E-state index contributed by atoms with van der Waals surface area (Å²) in [4.78, 5) is 38.7. The largest absolute Gasteiger partial charge is 0.294 e. The first-order valence-electron chi connectivity index (χ1n) is 10.5. The second-order valence-electron chi connectivity index (χ2n) is 8.12. The van der Waals surface area contributed by atoms with Gasteiger partial charge >= 0.3 is 0 Å². The van der Waals surface area contributed by atoms with Crippen molar-refractivity contribution in [3.8, 4) is 0 Å². The lowest BCUT2D eigenvalue weighted by Gasteiger charge is -2.38. The van der Waals surface area contributed by atoms with E-state index in [0.29, 0.717) is 36.2 Å². The number of allylic oxidation sites excluding steroid dienone is 2. The highest BCUT2D eigenvalue weighted by Gasteiger charge is 2.40. The number of hydrogen-bond acceptors (Lipinski definition) is 4. The number of hydrogen-bond donors (Lipinski definition) is 0. The maximum absolute atomic E-state index is 13.3. The number of rotatable bonds is 3. The smallest absolute Gasteiger partial charge is 0.289 e. The van der Waals surface area contributed by atoms with E-state index in [2.05, 4.69) is 0 Å². The van der Waals surface area contributed by atoms with Crippen LogP contribution in [0.1, 0.15) is 37.2 Å². The Morgan fingerprint density at radius 1 is 0.969 bits per heavy atom. The van der Waals surface area contributed by atoms with Gasteiger partial charge in [-0.15, -0.1) is 0 Å². The molecule has 2 aliphatic rings. The van der Waals surface area contributed by atoms with E-state index < -0.39 is 4.92 Å². The molecule has 0 fully saturated rings. The molecule has 1 aliphatic carbocycles. The summed E-state index contributed by atoms with van der Waals surface area (Å²) in [6.45, 7) is 0. The first kappa shape index (κ1) is 20.4. The standard InChI is InChI=1S/C25H19ClN2O4/c26-20-11-10-18(13-22(20)28(31)32)27-21-6-3-7-23(29)25(21)19(14-24(27)30)17-9-8-15-4-1-2-5-16(15)12-17/h1-2,4-5,8-13,19H,3,6-7,14H2. The van der Waals surface area contributed by atoms with Crippen LogP contribution in [-0.4, -0.2) is 16.6 Å². The third kappa shape index (κ3) is 3.37. The first-order chi connectivity index (χ1) is 15.4. The van der Waals surface area contributed by atoms with Gasteiger partial charge in [-0.05, 0) is 41.3 Å². The molecule has 1 heterocycles. The highest BCUT2D eigenvalue weighted by Crippen LogP contribution is 2.44. The Labute approximate surface area is 189 Å². The molecule has 0 N–H and O–H groups in total. The average Bonchev–Trinajstić information content (AvgIpc) is 2.79. The van der Waals surface area contributed by atoms with Gasteiger partial charge in [-0.25, -0.2) is 0 Å². The van der Waals surface area contributed by atoms with Gasteiger partial charge in [0.15, 0.2) is 5.78 Å². The summed E-state index contributed by atoms with van der Waals surface area (Å²) in [5.74, 6) is -0.480. The van der Waals surface area contributed by atoms with E-state index in [1.54, 1.807) is 6.07 Å². The molecule has 1 aliphatic heterocycles. The number of carbonyl (C=O) groups excluding carboxylic acids is 2. The lowest BCUT2D eigenvalue weighted by molar-refractivity contribution is -0.384. The van der Waals surface area contributed by atoms with Crippen molar-refractivity contribution in [2.45, 2.75) is 31.6 Å². The number of carbonyl (C=O) groups is 2. The average molecular weight is 447 g/mol. The first-order valence-corrected chi connectivity index (χ1v) is 10.8. The van der Waals surface area contributed by atoms with Crippen molar-refractivity contribution in [3.63, 3.8) is 0 Å². The Morgan fingerprint density at radius 3 is 2.53 bits per heavy atom. The summed E-state index contributed by atoms with van der Waals surface area (Å²) in [6, 6.07) is 18.3. The van der Waals surface area contributed by atoms with Crippen molar-refractivity contribution in [3.05, 3.63) is 92.6 Å². The molecule has 3 aromatic rings. The van der Waals surface area contributed by atoms with Gasteiger partial charge in [0.05, 0.1) is 10.6 Å². The molecule has 1 unspecified atom stereocenters. The molecule has 3 aromatic carbocycles. The second-order valence-corrected chi connectivity index (χ2v) is 8.53. The fourth-order valence-corrected chi connectivity index (χ4v) is 4.97.